The fourth-order valence-electron chi connectivity index (χ4n) is 2.81. The van der Waals surface area contributed by atoms with Gasteiger partial charge in [0.2, 0.25) is 11.8 Å². The van der Waals surface area contributed by atoms with E-state index in [0.717, 1.165) is 16.7 Å². The Labute approximate surface area is 147 Å². The molecule has 126 valence electrons. The van der Waals surface area contributed by atoms with Crippen LogP contribution >= 0.6 is 0 Å². The molecule has 0 unspecified atom stereocenters. The Morgan fingerprint density at radius 3 is 2.12 bits per heavy atom. The summed E-state index contributed by atoms with van der Waals surface area (Å²) in [5.74, 6) is 0.118. The molecule has 1 N–H and O–H groups in total. The number of hydrogen-bond acceptors (Lipinski definition) is 3. The van der Waals surface area contributed by atoms with E-state index in [4.69, 9.17) is 4.74 Å². The summed E-state index contributed by atoms with van der Waals surface area (Å²) in [5, 5.41) is 3.01. The van der Waals surface area contributed by atoms with Gasteiger partial charge in [-0.2, -0.15) is 0 Å². The normalized spacial score (nSPS) is 10.5. The van der Waals surface area contributed by atoms with Crippen molar-refractivity contribution in [3.63, 3.8) is 0 Å². The van der Waals surface area contributed by atoms with Crippen LogP contribution in [0.5, 0.6) is 5.88 Å². The Hall–Kier alpha value is -3.14. The molecule has 4 heteroatoms. The minimum Gasteiger partial charge on any atom is -0.481 e. The van der Waals surface area contributed by atoms with Crippen LogP contribution in [0.2, 0.25) is 0 Å². The van der Waals surface area contributed by atoms with Crippen molar-refractivity contribution in [2.24, 2.45) is 0 Å². The van der Waals surface area contributed by atoms with E-state index >= 15 is 0 Å². The van der Waals surface area contributed by atoms with Crippen LogP contribution < -0.4 is 10.1 Å². The van der Waals surface area contributed by atoms with Gasteiger partial charge in [-0.05, 0) is 17.2 Å². The number of ether oxygens (including phenoxy) is 1. The molecule has 3 rings (SSSR count). The number of nitrogens with one attached hydrogen (secondary N) is 1. The predicted molar refractivity (Wildman–Crippen MR) is 97.4 cm³/mol. The zero-order valence-corrected chi connectivity index (χ0v) is 14.1. The first-order chi connectivity index (χ1) is 12.3. The van der Waals surface area contributed by atoms with E-state index in [0.29, 0.717) is 12.4 Å². The second-order valence-corrected chi connectivity index (χ2v) is 5.64. The summed E-state index contributed by atoms with van der Waals surface area (Å²) in [6.45, 7) is 0.367. The van der Waals surface area contributed by atoms with Crippen molar-refractivity contribution in [2.45, 2.75) is 12.5 Å². The maximum absolute atomic E-state index is 12.9. The molecule has 0 aliphatic heterocycles. The van der Waals surface area contributed by atoms with Crippen LogP contribution in [0.3, 0.4) is 0 Å². The molecule has 0 aliphatic carbocycles. The minimum atomic E-state index is -0.356. The molecule has 0 radical (unpaired) electrons. The zero-order valence-electron chi connectivity index (χ0n) is 14.1. The molecule has 0 atom stereocenters. The Bertz CT molecular complexity index is 780. The Morgan fingerprint density at radius 2 is 1.56 bits per heavy atom. The van der Waals surface area contributed by atoms with Gasteiger partial charge in [-0.25, -0.2) is 4.98 Å². The maximum Gasteiger partial charge on any atom is 0.232 e. The lowest BCUT2D eigenvalue weighted by Gasteiger charge is -2.18. The second kappa shape index (κ2) is 8.11. The van der Waals surface area contributed by atoms with Crippen LogP contribution in [-0.4, -0.2) is 18.0 Å². The molecule has 0 fully saturated rings. The summed E-state index contributed by atoms with van der Waals surface area (Å²) in [6.07, 6.45) is 1.67. The lowest BCUT2D eigenvalue weighted by molar-refractivity contribution is -0.121. The molecule has 0 saturated heterocycles. The van der Waals surface area contributed by atoms with Gasteiger partial charge in [0, 0.05) is 18.3 Å². The molecular formula is C21H20N2O2. The quantitative estimate of drug-likeness (QED) is 0.751. The molecule has 0 bridgehead atoms. The van der Waals surface area contributed by atoms with Gasteiger partial charge in [-0.1, -0.05) is 66.7 Å². The van der Waals surface area contributed by atoms with E-state index < -0.39 is 0 Å². The van der Waals surface area contributed by atoms with Gasteiger partial charge in [-0.15, -0.1) is 0 Å². The van der Waals surface area contributed by atoms with Crippen LogP contribution in [0.4, 0.5) is 0 Å². The number of aromatic nitrogens is 1. The van der Waals surface area contributed by atoms with E-state index in [1.165, 1.54) is 0 Å². The first-order valence-electron chi connectivity index (χ1n) is 8.15. The predicted octanol–water partition coefficient (Wildman–Crippen LogP) is 3.54. The molecule has 1 amide bonds. The van der Waals surface area contributed by atoms with Crippen molar-refractivity contribution < 1.29 is 9.53 Å². The average Bonchev–Trinajstić information content (AvgIpc) is 2.68. The van der Waals surface area contributed by atoms with Crippen molar-refractivity contribution >= 4 is 5.91 Å². The van der Waals surface area contributed by atoms with Crippen molar-refractivity contribution in [3.05, 3.63) is 95.7 Å². The van der Waals surface area contributed by atoms with Gasteiger partial charge in [-0.3, -0.25) is 4.79 Å². The monoisotopic (exact) mass is 332 g/mol. The molecule has 0 aliphatic rings. The fraction of sp³-hybridized carbons (Fsp3) is 0.143. The third-order valence-corrected chi connectivity index (χ3v) is 4.02. The Balaban J connectivity index is 1.83. The molecule has 1 aromatic heterocycles. The summed E-state index contributed by atoms with van der Waals surface area (Å²) in [5.41, 5.74) is 2.77. The number of hydrogen-bond donors (Lipinski definition) is 1. The van der Waals surface area contributed by atoms with Gasteiger partial charge in [0.15, 0.2) is 0 Å². The van der Waals surface area contributed by atoms with Crippen molar-refractivity contribution in [1.29, 1.82) is 0 Å². The van der Waals surface area contributed by atoms with E-state index in [-0.39, 0.29) is 11.8 Å². The highest BCUT2D eigenvalue weighted by Crippen LogP contribution is 2.25. The minimum absolute atomic E-state index is 0.0525. The number of methoxy groups -OCH3 is 1. The molecule has 0 spiro atoms. The third-order valence-electron chi connectivity index (χ3n) is 4.02. The number of amides is 1. The Kier molecular flexibility index (Phi) is 5.42. The first kappa shape index (κ1) is 16.7. The summed E-state index contributed by atoms with van der Waals surface area (Å²) < 4.78 is 5.24. The number of pyridine rings is 1. The van der Waals surface area contributed by atoms with Gasteiger partial charge in [0.05, 0.1) is 13.0 Å². The van der Waals surface area contributed by atoms with Gasteiger partial charge >= 0.3 is 0 Å². The van der Waals surface area contributed by atoms with Crippen LogP contribution in [-0.2, 0) is 11.3 Å². The lowest BCUT2D eigenvalue weighted by Crippen LogP contribution is -2.29. The van der Waals surface area contributed by atoms with E-state index in [1.807, 2.05) is 72.8 Å². The van der Waals surface area contributed by atoms with Crippen LogP contribution in [0.1, 0.15) is 22.6 Å². The molecule has 3 aromatic rings. The molecule has 25 heavy (non-hydrogen) atoms. The highest BCUT2D eigenvalue weighted by molar-refractivity contribution is 5.87. The lowest BCUT2D eigenvalue weighted by atomic mass is 9.90. The zero-order chi connectivity index (χ0) is 17.5. The standard InChI is InChI=1S/C21H20N2O2/c1-25-21-18(13-8-14-22-21)15-23-20(24)19(16-9-4-2-5-10-16)17-11-6-3-7-12-17/h2-14,19H,15H2,1H3,(H,23,24). The summed E-state index contributed by atoms with van der Waals surface area (Å²) in [6, 6.07) is 23.3. The van der Waals surface area contributed by atoms with E-state index in [2.05, 4.69) is 10.3 Å². The van der Waals surface area contributed by atoms with Crippen molar-refractivity contribution in [2.75, 3.05) is 7.11 Å². The van der Waals surface area contributed by atoms with Gasteiger partial charge < -0.3 is 10.1 Å². The number of carbonyl (C=O) groups is 1. The third kappa shape index (κ3) is 4.04. The smallest absolute Gasteiger partial charge is 0.232 e. The average molecular weight is 332 g/mol. The van der Waals surface area contributed by atoms with Gasteiger partial charge in [0.1, 0.15) is 0 Å². The summed E-state index contributed by atoms with van der Waals surface area (Å²) in [7, 11) is 1.57. The highest BCUT2D eigenvalue weighted by atomic mass is 16.5. The number of nitrogens with zero attached hydrogens (tertiary/aromatic N) is 1. The largest absolute Gasteiger partial charge is 0.481 e. The molecular weight excluding hydrogens is 312 g/mol. The van der Waals surface area contributed by atoms with Crippen LogP contribution in [0.25, 0.3) is 0 Å². The van der Waals surface area contributed by atoms with E-state index in [1.54, 1.807) is 13.3 Å². The van der Waals surface area contributed by atoms with Crippen LogP contribution in [0.15, 0.2) is 79.0 Å². The number of rotatable bonds is 6. The first-order valence-corrected chi connectivity index (χ1v) is 8.15. The fourth-order valence-corrected chi connectivity index (χ4v) is 2.81. The second-order valence-electron chi connectivity index (χ2n) is 5.64. The highest BCUT2D eigenvalue weighted by Gasteiger charge is 2.22. The Morgan fingerprint density at radius 1 is 0.960 bits per heavy atom. The molecule has 2 aromatic carbocycles. The van der Waals surface area contributed by atoms with Crippen molar-refractivity contribution in [3.8, 4) is 5.88 Å². The SMILES string of the molecule is COc1ncccc1CNC(=O)C(c1ccccc1)c1ccccc1. The van der Waals surface area contributed by atoms with E-state index in [9.17, 15) is 4.79 Å². The summed E-state index contributed by atoms with van der Waals surface area (Å²) >= 11 is 0. The van der Waals surface area contributed by atoms with Gasteiger partial charge in [0.25, 0.3) is 0 Å². The molecule has 4 nitrogen and oxygen atoms in total. The maximum atomic E-state index is 12.9. The van der Waals surface area contributed by atoms with Crippen LogP contribution in [0, 0.1) is 0 Å². The summed E-state index contributed by atoms with van der Waals surface area (Å²) in [4.78, 5) is 17.1. The van der Waals surface area contributed by atoms with Crippen molar-refractivity contribution in [1.82, 2.24) is 10.3 Å². The molecule has 1 heterocycles. The topological polar surface area (TPSA) is 51.2 Å². The molecule has 0 saturated carbocycles. The number of benzene rings is 2. The number of carbonyl (C=O) groups excluding carboxylic acids is 1.